The van der Waals surface area contributed by atoms with E-state index in [2.05, 4.69) is 223 Å². The van der Waals surface area contributed by atoms with Gasteiger partial charge in [-0.1, -0.05) is 183 Å². The molecule has 0 aromatic heterocycles. The average Bonchev–Trinajstić information content (AvgIpc) is 3.82. The van der Waals surface area contributed by atoms with Gasteiger partial charge < -0.3 is 10.7 Å². The smallest absolute Gasteiger partial charge is 0.147 e. The van der Waals surface area contributed by atoms with Crippen LogP contribution in [0.1, 0.15) is 52.9 Å². The minimum Gasteiger partial charge on any atom is -0.355 e. The third-order valence-electron chi connectivity index (χ3n) is 11.7. The first-order valence-electron chi connectivity index (χ1n) is 20.0. The Hall–Kier alpha value is -6.75. The van der Waals surface area contributed by atoms with Crippen molar-refractivity contribution in [1.82, 2.24) is 10.4 Å². The fourth-order valence-corrected chi connectivity index (χ4v) is 9.09. The number of aliphatic imine (C=N–C) groups is 1. The zero-order valence-corrected chi connectivity index (χ0v) is 32.0. The van der Waals surface area contributed by atoms with Crippen molar-refractivity contribution < 1.29 is 0 Å². The van der Waals surface area contributed by atoms with Crippen LogP contribution in [0.5, 0.6) is 0 Å². The zero-order chi connectivity index (χ0) is 38.2. The van der Waals surface area contributed by atoms with Crippen LogP contribution in [0.2, 0.25) is 0 Å². The van der Waals surface area contributed by atoms with Crippen molar-refractivity contribution in [3.05, 3.63) is 239 Å². The number of hydrogen-bond acceptors (Lipinski definition) is 4. The molecule has 2 aliphatic carbocycles. The summed E-state index contributed by atoms with van der Waals surface area (Å²) in [7, 11) is 0. The van der Waals surface area contributed by atoms with Gasteiger partial charge in [0.25, 0.3) is 0 Å². The van der Waals surface area contributed by atoms with Gasteiger partial charge in [0.05, 0.1) is 5.41 Å². The number of hydrogen-bond donors (Lipinski definition) is 2. The van der Waals surface area contributed by atoms with Crippen LogP contribution in [0.15, 0.2) is 211 Å². The molecule has 7 aromatic carbocycles. The van der Waals surface area contributed by atoms with E-state index in [-0.39, 0.29) is 6.17 Å². The molecule has 2 N–H and O–H groups in total. The van der Waals surface area contributed by atoms with Gasteiger partial charge in [-0.2, -0.15) is 5.01 Å². The SMILES string of the molecule is CC1C=C(C2(c3ccccc3)c3ccccc3-c3cc(Nc4cccc(C5=NC(c6ccccc6)N(Cc6ccccc6)N5)c4)c(-c4ccccc4)cc32)C=CC1. The van der Waals surface area contributed by atoms with Gasteiger partial charge in [0.2, 0.25) is 0 Å². The molecule has 3 unspecified atom stereocenters. The Morgan fingerprint density at radius 1 is 0.649 bits per heavy atom. The van der Waals surface area contributed by atoms with Gasteiger partial charge >= 0.3 is 0 Å². The molecular formula is C53H44N4. The summed E-state index contributed by atoms with van der Waals surface area (Å²) in [4.78, 5) is 5.28. The van der Waals surface area contributed by atoms with Gasteiger partial charge in [-0.15, -0.1) is 0 Å². The van der Waals surface area contributed by atoms with Crippen LogP contribution < -0.4 is 10.7 Å². The number of allylic oxidation sites excluding steroid dienone is 4. The van der Waals surface area contributed by atoms with E-state index in [0.29, 0.717) is 5.92 Å². The van der Waals surface area contributed by atoms with E-state index >= 15 is 0 Å². The largest absolute Gasteiger partial charge is 0.355 e. The normalized spacial score (nSPS) is 19.6. The summed E-state index contributed by atoms with van der Waals surface area (Å²) >= 11 is 0. The fourth-order valence-electron chi connectivity index (χ4n) is 9.09. The summed E-state index contributed by atoms with van der Waals surface area (Å²) in [6.45, 7) is 3.05. The third-order valence-corrected chi connectivity index (χ3v) is 11.7. The number of nitrogens with zero attached hydrogens (tertiary/aromatic N) is 2. The summed E-state index contributed by atoms with van der Waals surface area (Å²) < 4.78 is 0. The van der Waals surface area contributed by atoms with Crippen molar-refractivity contribution in [1.29, 1.82) is 0 Å². The van der Waals surface area contributed by atoms with Gasteiger partial charge in [-0.3, -0.25) is 0 Å². The zero-order valence-electron chi connectivity index (χ0n) is 32.0. The van der Waals surface area contributed by atoms with E-state index in [9.17, 15) is 0 Å². The van der Waals surface area contributed by atoms with Gasteiger partial charge in [-0.05, 0) is 86.7 Å². The quantitative estimate of drug-likeness (QED) is 0.155. The molecule has 3 atom stereocenters. The molecule has 0 radical (unpaired) electrons. The standard InChI is InChI=1S/C53H44N4/c1-37-18-16-28-43(32-37)53(42-26-12-5-13-27-42)48-31-15-14-30-45(48)47-35-50(46(34-49(47)53)39-21-8-3-9-22-39)54-44-29-17-25-41(33-44)51-55-52(40-23-10-4-11-24-40)57(56-51)36-38-19-6-2-7-20-38/h2-17,19-35,37,52,54H,18,36H2,1H3,(H,55,56). The number of rotatable bonds is 9. The van der Waals surface area contributed by atoms with Crippen LogP contribution >= 0.6 is 0 Å². The van der Waals surface area contributed by atoms with Crippen molar-refractivity contribution in [2.45, 2.75) is 31.5 Å². The van der Waals surface area contributed by atoms with Crippen molar-refractivity contribution in [3.8, 4) is 22.3 Å². The molecule has 0 spiro atoms. The van der Waals surface area contributed by atoms with Crippen molar-refractivity contribution in [2.24, 2.45) is 10.9 Å². The molecule has 57 heavy (non-hydrogen) atoms. The molecule has 7 aromatic rings. The first kappa shape index (κ1) is 34.7. The topological polar surface area (TPSA) is 39.7 Å². The number of hydrazine groups is 1. The van der Waals surface area contributed by atoms with Crippen LogP contribution in [-0.2, 0) is 12.0 Å². The summed E-state index contributed by atoms with van der Waals surface area (Å²) in [5.74, 6) is 1.31. The third kappa shape index (κ3) is 6.29. The maximum absolute atomic E-state index is 5.28. The Balaban J connectivity index is 1.09. The Bertz CT molecular complexity index is 2650. The van der Waals surface area contributed by atoms with Crippen molar-refractivity contribution in [2.75, 3.05) is 5.32 Å². The lowest BCUT2D eigenvalue weighted by Gasteiger charge is -2.36. The van der Waals surface area contributed by atoms with Crippen LogP contribution in [-0.4, -0.2) is 10.8 Å². The molecular weight excluding hydrogens is 693 g/mol. The molecule has 0 fully saturated rings. The predicted octanol–water partition coefficient (Wildman–Crippen LogP) is 12.4. The van der Waals surface area contributed by atoms with Gasteiger partial charge in [0.15, 0.2) is 0 Å². The number of nitrogens with one attached hydrogen (secondary N) is 2. The molecule has 0 saturated carbocycles. The summed E-state index contributed by atoms with van der Waals surface area (Å²) in [6.07, 6.45) is 8.14. The van der Waals surface area contributed by atoms with E-state index in [1.165, 1.54) is 44.5 Å². The highest BCUT2D eigenvalue weighted by Gasteiger charge is 2.47. The first-order valence-corrected chi connectivity index (χ1v) is 20.0. The van der Waals surface area contributed by atoms with Gasteiger partial charge in [-0.25, -0.2) is 4.99 Å². The second kappa shape index (κ2) is 14.7. The van der Waals surface area contributed by atoms with Crippen LogP contribution in [0.3, 0.4) is 0 Å². The lowest BCUT2D eigenvalue weighted by Crippen LogP contribution is -2.37. The summed E-state index contributed by atoms with van der Waals surface area (Å²) in [5.41, 5.74) is 18.8. The molecule has 0 bridgehead atoms. The Labute approximate surface area is 335 Å². The molecule has 1 aliphatic heterocycles. The van der Waals surface area contributed by atoms with E-state index in [1.54, 1.807) is 0 Å². The van der Waals surface area contributed by atoms with Crippen LogP contribution in [0.4, 0.5) is 11.4 Å². The van der Waals surface area contributed by atoms with Gasteiger partial charge in [0.1, 0.15) is 12.0 Å². The number of benzene rings is 7. The van der Waals surface area contributed by atoms with Crippen LogP contribution in [0, 0.1) is 5.92 Å². The Morgan fingerprint density at radius 2 is 1.33 bits per heavy atom. The maximum Gasteiger partial charge on any atom is 0.147 e. The second-order valence-corrected chi connectivity index (χ2v) is 15.4. The lowest BCUT2D eigenvalue weighted by molar-refractivity contribution is 0.181. The molecule has 1 heterocycles. The van der Waals surface area contributed by atoms with Gasteiger partial charge in [0, 0.05) is 29.0 Å². The highest BCUT2D eigenvalue weighted by Crippen LogP contribution is 2.59. The Morgan fingerprint density at radius 3 is 2.11 bits per heavy atom. The monoisotopic (exact) mass is 736 g/mol. The maximum atomic E-state index is 5.28. The fraction of sp³-hybridized carbons (Fsp3) is 0.113. The molecule has 4 heteroatoms. The number of fused-ring (bicyclic) bond motifs is 3. The average molecular weight is 737 g/mol. The molecule has 10 rings (SSSR count). The van der Waals surface area contributed by atoms with E-state index in [4.69, 9.17) is 4.99 Å². The lowest BCUT2D eigenvalue weighted by atomic mass is 9.65. The molecule has 276 valence electrons. The molecule has 4 nitrogen and oxygen atoms in total. The summed E-state index contributed by atoms with van der Waals surface area (Å²) in [6, 6.07) is 65.5. The number of anilines is 2. The summed E-state index contributed by atoms with van der Waals surface area (Å²) in [5, 5.41) is 6.14. The molecule has 3 aliphatic rings. The highest BCUT2D eigenvalue weighted by atomic mass is 15.6. The van der Waals surface area contributed by atoms with Crippen molar-refractivity contribution >= 4 is 17.2 Å². The molecule has 0 amide bonds. The minimum absolute atomic E-state index is 0.151. The van der Waals surface area contributed by atoms with Crippen LogP contribution in [0.25, 0.3) is 22.3 Å². The highest BCUT2D eigenvalue weighted by molar-refractivity contribution is 6.01. The van der Waals surface area contributed by atoms with E-state index in [0.717, 1.165) is 46.9 Å². The second-order valence-electron chi connectivity index (χ2n) is 15.4. The van der Waals surface area contributed by atoms with E-state index in [1.807, 2.05) is 0 Å². The molecule has 0 saturated heterocycles. The predicted molar refractivity (Wildman–Crippen MR) is 235 cm³/mol. The van der Waals surface area contributed by atoms with E-state index < -0.39 is 5.41 Å². The van der Waals surface area contributed by atoms with Crippen molar-refractivity contribution in [3.63, 3.8) is 0 Å². The Kier molecular flexibility index (Phi) is 8.97. The number of amidine groups is 1. The first-order chi connectivity index (χ1) is 28.1. The minimum atomic E-state index is -0.451.